The Bertz CT molecular complexity index is 1340. The van der Waals surface area contributed by atoms with Gasteiger partial charge in [0.25, 0.3) is 5.91 Å². The first-order chi connectivity index (χ1) is 17.2. The molecule has 4 rings (SSSR count). The van der Waals surface area contributed by atoms with E-state index in [0.29, 0.717) is 36.7 Å². The number of aromatic nitrogens is 2. The van der Waals surface area contributed by atoms with Crippen LogP contribution in [0.5, 0.6) is 0 Å². The van der Waals surface area contributed by atoms with Crippen molar-refractivity contribution in [3.05, 3.63) is 84.0 Å². The van der Waals surface area contributed by atoms with Gasteiger partial charge in [-0.2, -0.15) is 0 Å². The topological polar surface area (TPSA) is 81.3 Å². The first kappa shape index (κ1) is 24.1. The molecule has 4 aromatic rings. The Morgan fingerprint density at radius 3 is 2.77 bits per heavy atom. The highest BCUT2D eigenvalue weighted by molar-refractivity contribution is 7.21. The van der Waals surface area contributed by atoms with Crippen LogP contribution < -0.4 is 10.6 Å². The van der Waals surface area contributed by atoms with Crippen LogP contribution in [0.2, 0.25) is 0 Å². The lowest BCUT2D eigenvalue weighted by Gasteiger charge is -2.21. The molecule has 0 fully saturated rings. The van der Waals surface area contributed by atoms with E-state index in [9.17, 15) is 4.79 Å². The van der Waals surface area contributed by atoms with Crippen LogP contribution in [0.15, 0.2) is 79.1 Å². The molecule has 0 saturated carbocycles. The number of ether oxygens (including phenoxy) is 1. The van der Waals surface area contributed by atoms with E-state index in [1.165, 1.54) is 11.3 Å². The molecule has 7 heteroatoms. The Hall–Kier alpha value is -3.99. The number of thiophene rings is 1. The fourth-order valence-electron chi connectivity index (χ4n) is 3.54. The summed E-state index contributed by atoms with van der Waals surface area (Å²) < 4.78 is 5.56. The van der Waals surface area contributed by atoms with E-state index >= 15 is 0 Å². The largest absolute Gasteiger partial charge is 0.397 e. The molecule has 0 saturated heterocycles. The Labute approximate surface area is 209 Å². The summed E-state index contributed by atoms with van der Waals surface area (Å²) in [6.45, 7) is 1.47. The number of fused-ring (bicyclic) bond motifs is 1. The molecule has 0 unspecified atom stereocenters. The number of amides is 1. The maximum absolute atomic E-state index is 13.7. The molecule has 0 aliphatic rings. The third-order valence-electron chi connectivity index (χ3n) is 5.34. The molecule has 1 aromatic carbocycles. The number of terminal acetylenes is 1. The fraction of sp³-hybridized carbons (Fsp3) is 0.179. The lowest BCUT2D eigenvalue weighted by molar-refractivity contribution is 0.0994. The second-order valence-electron chi connectivity index (χ2n) is 7.74. The quantitative estimate of drug-likeness (QED) is 0.181. The minimum absolute atomic E-state index is 0.167. The van der Waals surface area contributed by atoms with Crippen LogP contribution in [0.4, 0.5) is 11.4 Å². The van der Waals surface area contributed by atoms with E-state index in [4.69, 9.17) is 21.9 Å². The molecule has 1 amide bonds. The van der Waals surface area contributed by atoms with Gasteiger partial charge >= 0.3 is 0 Å². The second-order valence-corrected chi connectivity index (χ2v) is 8.74. The van der Waals surface area contributed by atoms with Crippen molar-refractivity contribution >= 4 is 38.8 Å². The molecule has 0 aliphatic heterocycles. The zero-order valence-electron chi connectivity index (χ0n) is 19.3. The number of pyridine rings is 2. The molecule has 35 heavy (non-hydrogen) atoms. The molecule has 6 nitrogen and oxygen atoms in total. The van der Waals surface area contributed by atoms with Crippen LogP contribution in [-0.4, -0.2) is 35.6 Å². The van der Waals surface area contributed by atoms with Crippen LogP contribution in [0.25, 0.3) is 21.5 Å². The summed E-state index contributed by atoms with van der Waals surface area (Å²) >= 11 is 1.31. The van der Waals surface area contributed by atoms with Crippen LogP contribution >= 0.6 is 11.3 Å². The summed E-state index contributed by atoms with van der Waals surface area (Å²) in [5.41, 5.74) is 9.37. The van der Waals surface area contributed by atoms with Crippen molar-refractivity contribution in [1.82, 2.24) is 9.97 Å². The minimum atomic E-state index is -0.167. The van der Waals surface area contributed by atoms with Crippen LogP contribution in [-0.2, 0) is 4.74 Å². The number of rotatable bonds is 10. The molecule has 176 valence electrons. The predicted octanol–water partition coefficient (Wildman–Crippen LogP) is 5.57. The fourth-order valence-corrected chi connectivity index (χ4v) is 4.59. The lowest BCUT2D eigenvalue weighted by Crippen LogP contribution is -2.31. The third kappa shape index (κ3) is 5.93. The number of nitrogen functional groups attached to an aromatic ring is 1. The van der Waals surface area contributed by atoms with Gasteiger partial charge < -0.3 is 15.4 Å². The Balaban J connectivity index is 1.56. The van der Waals surface area contributed by atoms with Crippen molar-refractivity contribution in [1.29, 1.82) is 0 Å². The van der Waals surface area contributed by atoms with Crippen molar-refractivity contribution in [3.63, 3.8) is 0 Å². The number of anilines is 2. The van der Waals surface area contributed by atoms with E-state index in [-0.39, 0.29) is 5.91 Å². The van der Waals surface area contributed by atoms with Gasteiger partial charge in [0.1, 0.15) is 9.71 Å². The number of unbranched alkanes of at least 4 members (excludes halogenated alkanes) is 1. The van der Waals surface area contributed by atoms with Crippen LogP contribution in [0.1, 0.15) is 22.5 Å². The summed E-state index contributed by atoms with van der Waals surface area (Å²) in [4.78, 5) is 25.5. The number of nitrogens with two attached hydrogens (primary N) is 1. The molecule has 0 aliphatic carbocycles. The van der Waals surface area contributed by atoms with Gasteiger partial charge in [-0.1, -0.05) is 30.4 Å². The van der Waals surface area contributed by atoms with Gasteiger partial charge in [0.15, 0.2) is 0 Å². The van der Waals surface area contributed by atoms with Gasteiger partial charge in [-0.25, -0.2) is 4.98 Å². The van der Waals surface area contributed by atoms with E-state index in [1.54, 1.807) is 17.3 Å². The van der Waals surface area contributed by atoms with E-state index in [2.05, 4.69) is 10.9 Å². The summed E-state index contributed by atoms with van der Waals surface area (Å²) in [7, 11) is 0. The Morgan fingerprint density at radius 2 is 2.00 bits per heavy atom. The molecule has 0 spiro atoms. The SMILES string of the molecule is C#CCCCOC/C=C/CN(C(=O)c1sc2nc(-c3cccnc3)ccc2c1N)c1ccccc1. The Kier molecular flexibility index (Phi) is 8.23. The highest BCUT2D eigenvalue weighted by Crippen LogP contribution is 2.35. The summed E-state index contributed by atoms with van der Waals surface area (Å²) in [6, 6.07) is 17.2. The number of nitrogens with zero attached hydrogens (tertiary/aromatic N) is 3. The summed E-state index contributed by atoms with van der Waals surface area (Å²) in [6.07, 6.45) is 14.1. The molecule has 3 aromatic heterocycles. The third-order valence-corrected chi connectivity index (χ3v) is 6.44. The van der Waals surface area contributed by atoms with Crippen molar-refractivity contribution in [2.24, 2.45) is 0 Å². The van der Waals surface area contributed by atoms with Gasteiger partial charge in [0, 0.05) is 48.6 Å². The monoisotopic (exact) mass is 482 g/mol. The molecule has 0 bridgehead atoms. The number of carbonyl (C=O) groups excluding carboxylic acids is 1. The smallest absolute Gasteiger partial charge is 0.270 e. The average Bonchev–Trinajstić information content (AvgIpc) is 3.24. The lowest BCUT2D eigenvalue weighted by atomic mass is 10.1. The molecule has 2 N–H and O–H groups in total. The highest BCUT2D eigenvalue weighted by Gasteiger charge is 2.23. The maximum Gasteiger partial charge on any atom is 0.270 e. The van der Waals surface area contributed by atoms with E-state index in [0.717, 1.165) is 33.6 Å². The number of hydrogen-bond donors (Lipinski definition) is 1. The second kappa shape index (κ2) is 11.9. The van der Waals surface area contributed by atoms with Crippen molar-refractivity contribution in [2.75, 3.05) is 30.4 Å². The van der Waals surface area contributed by atoms with Gasteiger partial charge in [-0.15, -0.1) is 23.7 Å². The number of carbonyl (C=O) groups is 1. The molecule has 0 radical (unpaired) electrons. The van der Waals surface area contributed by atoms with Crippen LogP contribution in [0.3, 0.4) is 0 Å². The van der Waals surface area contributed by atoms with E-state index in [1.807, 2.05) is 66.7 Å². The van der Waals surface area contributed by atoms with Crippen molar-refractivity contribution < 1.29 is 9.53 Å². The van der Waals surface area contributed by atoms with Crippen molar-refractivity contribution in [3.8, 4) is 23.6 Å². The van der Waals surface area contributed by atoms with E-state index < -0.39 is 0 Å². The number of para-hydroxylation sites is 1. The summed E-state index contributed by atoms with van der Waals surface area (Å²) in [5, 5.41) is 0.773. The predicted molar refractivity (Wildman–Crippen MR) is 143 cm³/mol. The molecule has 3 heterocycles. The van der Waals surface area contributed by atoms with Crippen molar-refractivity contribution in [2.45, 2.75) is 12.8 Å². The molecular weight excluding hydrogens is 456 g/mol. The standard InChI is InChI=1S/C28H26N4O2S/c1-2-3-8-18-34-19-9-7-17-32(22-12-5-4-6-13-22)28(33)26-25(29)23-14-15-24(31-27(23)35-26)21-11-10-16-30-20-21/h1,4-7,9-16,20H,3,8,17-19,29H2/b9-7+. The molecular formula is C28H26N4O2S. The Morgan fingerprint density at radius 1 is 1.14 bits per heavy atom. The molecule has 0 atom stereocenters. The summed E-state index contributed by atoms with van der Waals surface area (Å²) in [5.74, 6) is 2.43. The average molecular weight is 483 g/mol. The van der Waals surface area contributed by atoms with Crippen LogP contribution in [0, 0.1) is 12.3 Å². The first-order valence-corrected chi connectivity index (χ1v) is 12.1. The highest BCUT2D eigenvalue weighted by atomic mass is 32.1. The number of benzene rings is 1. The van der Waals surface area contributed by atoms with Gasteiger partial charge in [-0.3, -0.25) is 9.78 Å². The zero-order valence-corrected chi connectivity index (χ0v) is 20.1. The van der Waals surface area contributed by atoms with Gasteiger partial charge in [0.2, 0.25) is 0 Å². The van der Waals surface area contributed by atoms with Gasteiger partial charge in [-0.05, 0) is 42.8 Å². The first-order valence-electron chi connectivity index (χ1n) is 11.3. The van der Waals surface area contributed by atoms with Gasteiger partial charge in [0.05, 0.1) is 18.0 Å². The zero-order chi connectivity index (χ0) is 24.5. The normalized spacial score (nSPS) is 11.1. The minimum Gasteiger partial charge on any atom is -0.397 e. The maximum atomic E-state index is 13.7. The number of hydrogen-bond acceptors (Lipinski definition) is 6.